The summed E-state index contributed by atoms with van der Waals surface area (Å²) < 4.78 is 6.53. The van der Waals surface area contributed by atoms with Gasteiger partial charge in [-0.15, -0.1) is 0 Å². The van der Waals surface area contributed by atoms with Gasteiger partial charge in [-0.1, -0.05) is 23.5 Å². The molecule has 9 heteroatoms. The highest BCUT2D eigenvalue weighted by Crippen LogP contribution is 2.29. The Hall–Kier alpha value is -3.20. The number of pyridine rings is 1. The van der Waals surface area contributed by atoms with Crippen LogP contribution in [0.1, 0.15) is 22.5 Å². The van der Waals surface area contributed by atoms with E-state index in [4.69, 9.17) is 19.6 Å². The van der Waals surface area contributed by atoms with Crippen molar-refractivity contribution < 1.29 is 19.4 Å². The first-order chi connectivity index (χ1) is 14.6. The first kappa shape index (κ1) is 21.5. The summed E-state index contributed by atoms with van der Waals surface area (Å²) in [5.41, 5.74) is 2.43. The standard InChI is InChI=1S/C20H22N4O2S.CH2O2/c1-14-12-15(17(26-2)13-21-14)19(25)23-8-5-9-24(11-10-23)20-22-16-6-3-4-7-18(16)27-20;2-1-3/h3-4,6-7,12-13H,5,8-11H2,1-2H3;1H,(H,2,3). The number of para-hydroxylation sites is 1. The van der Waals surface area contributed by atoms with Crippen molar-refractivity contribution in [2.75, 3.05) is 38.2 Å². The Morgan fingerprint density at radius 3 is 2.73 bits per heavy atom. The van der Waals surface area contributed by atoms with Crippen molar-refractivity contribution in [2.24, 2.45) is 0 Å². The Labute approximate surface area is 178 Å². The van der Waals surface area contributed by atoms with Gasteiger partial charge in [0.25, 0.3) is 12.4 Å². The molecular weight excluding hydrogens is 404 g/mol. The normalized spacial score (nSPS) is 13.9. The van der Waals surface area contributed by atoms with Crippen LogP contribution in [0.3, 0.4) is 0 Å². The van der Waals surface area contributed by atoms with Crippen LogP contribution in [0.5, 0.6) is 5.75 Å². The van der Waals surface area contributed by atoms with E-state index in [0.29, 0.717) is 17.9 Å². The number of aromatic nitrogens is 2. The molecule has 1 aromatic carbocycles. The number of hydrogen-bond donors (Lipinski definition) is 1. The summed E-state index contributed by atoms with van der Waals surface area (Å²) in [5, 5.41) is 7.92. The van der Waals surface area contributed by atoms with E-state index in [2.05, 4.69) is 16.0 Å². The van der Waals surface area contributed by atoms with Crippen molar-refractivity contribution in [3.05, 3.63) is 47.8 Å². The quantitative estimate of drug-likeness (QED) is 0.641. The maximum atomic E-state index is 13.1. The van der Waals surface area contributed by atoms with E-state index in [1.165, 1.54) is 4.70 Å². The van der Waals surface area contributed by atoms with E-state index in [1.807, 2.05) is 30.0 Å². The fraction of sp³-hybridized carbons (Fsp3) is 0.333. The van der Waals surface area contributed by atoms with Crippen LogP contribution in [0.15, 0.2) is 36.5 Å². The van der Waals surface area contributed by atoms with Crippen molar-refractivity contribution >= 4 is 39.1 Å². The molecule has 4 rings (SSSR count). The van der Waals surface area contributed by atoms with Crippen molar-refractivity contribution in [2.45, 2.75) is 13.3 Å². The van der Waals surface area contributed by atoms with Crippen LogP contribution in [0.2, 0.25) is 0 Å². The number of carbonyl (C=O) groups is 2. The lowest BCUT2D eigenvalue weighted by molar-refractivity contribution is -0.122. The summed E-state index contributed by atoms with van der Waals surface area (Å²) in [4.78, 5) is 34.6. The van der Waals surface area contributed by atoms with Crippen LogP contribution in [0, 0.1) is 6.92 Å². The molecule has 8 nitrogen and oxygen atoms in total. The van der Waals surface area contributed by atoms with Crippen LogP contribution in [0.4, 0.5) is 5.13 Å². The van der Waals surface area contributed by atoms with Crippen molar-refractivity contribution in [3.8, 4) is 5.75 Å². The Morgan fingerprint density at radius 1 is 1.23 bits per heavy atom. The van der Waals surface area contributed by atoms with E-state index in [1.54, 1.807) is 30.7 Å². The zero-order valence-corrected chi connectivity index (χ0v) is 17.8. The average Bonchev–Trinajstić information content (AvgIpc) is 3.03. The maximum Gasteiger partial charge on any atom is 0.290 e. The minimum absolute atomic E-state index is 0.00324. The summed E-state index contributed by atoms with van der Waals surface area (Å²) in [5.74, 6) is 0.529. The molecule has 0 saturated carbocycles. The smallest absolute Gasteiger partial charge is 0.290 e. The molecule has 30 heavy (non-hydrogen) atoms. The summed E-state index contributed by atoms with van der Waals surface area (Å²) in [6.45, 7) is 4.70. The molecule has 3 aromatic rings. The van der Waals surface area contributed by atoms with Crippen LogP contribution in [0.25, 0.3) is 10.2 Å². The van der Waals surface area contributed by atoms with Gasteiger partial charge in [0.05, 0.1) is 29.1 Å². The summed E-state index contributed by atoms with van der Waals surface area (Å²) in [6, 6.07) is 10.00. The number of thiazole rings is 1. The number of methoxy groups -OCH3 is 1. The number of benzene rings is 1. The monoisotopic (exact) mass is 428 g/mol. The first-order valence-corrected chi connectivity index (χ1v) is 10.4. The third kappa shape index (κ3) is 4.85. The molecule has 1 aliphatic rings. The van der Waals surface area contributed by atoms with Crippen molar-refractivity contribution in [1.29, 1.82) is 0 Å². The lowest BCUT2D eigenvalue weighted by Crippen LogP contribution is -2.35. The van der Waals surface area contributed by atoms with Gasteiger partial charge in [0.15, 0.2) is 5.13 Å². The number of hydrogen-bond acceptors (Lipinski definition) is 7. The Kier molecular flexibility index (Phi) is 7.18. The Balaban J connectivity index is 0.000000806. The zero-order chi connectivity index (χ0) is 21.5. The van der Waals surface area contributed by atoms with E-state index in [0.717, 1.165) is 42.4 Å². The van der Waals surface area contributed by atoms with Gasteiger partial charge in [-0.3, -0.25) is 14.6 Å². The molecule has 0 bridgehead atoms. The lowest BCUT2D eigenvalue weighted by Gasteiger charge is -2.22. The number of aryl methyl sites for hydroxylation is 1. The van der Waals surface area contributed by atoms with Crippen molar-refractivity contribution in [1.82, 2.24) is 14.9 Å². The van der Waals surface area contributed by atoms with Gasteiger partial charge in [-0.2, -0.15) is 0 Å². The number of carboxylic acid groups (broad SMARTS) is 1. The average molecular weight is 429 g/mol. The molecule has 0 atom stereocenters. The summed E-state index contributed by atoms with van der Waals surface area (Å²) in [6.07, 6.45) is 2.53. The van der Waals surface area contributed by atoms with Gasteiger partial charge < -0.3 is 19.6 Å². The number of rotatable bonds is 3. The number of nitrogens with zero attached hydrogens (tertiary/aromatic N) is 4. The maximum absolute atomic E-state index is 13.1. The molecule has 2 aromatic heterocycles. The number of anilines is 1. The molecule has 0 aliphatic carbocycles. The fourth-order valence-electron chi connectivity index (χ4n) is 3.35. The Morgan fingerprint density at radius 2 is 2.00 bits per heavy atom. The molecule has 0 unspecified atom stereocenters. The second-order valence-corrected chi connectivity index (χ2v) is 7.74. The van der Waals surface area contributed by atoms with Gasteiger partial charge in [-0.05, 0) is 31.5 Å². The van der Waals surface area contributed by atoms with Gasteiger partial charge in [-0.25, -0.2) is 4.98 Å². The van der Waals surface area contributed by atoms with Gasteiger partial charge in [0.1, 0.15) is 5.75 Å². The molecule has 3 heterocycles. The molecule has 1 aliphatic heterocycles. The number of amides is 1. The van der Waals surface area contributed by atoms with E-state index < -0.39 is 0 Å². The summed E-state index contributed by atoms with van der Waals surface area (Å²) >= 11 is 1.71. The predicted octanol–water partition coefficient (Wildman–Crippen LogP) is 3.06. The second kappa shape index (κ2) is 10.0. The zero-order valence-electron chi connectivity index (χ0n) is 16.9. The predicted molar refractivity (Wildman–Crippen MR) is 117 cm³/mol. The highest BCUT2D eigenvalue weighted by Gasteiger charge is 2.24. The third-order valence-corrected chi connectivity index (χ3v) is 5.89. The Bertz CT molecular complexity index is 990. The van der Waals surface area contributed by atoms with Gasteiger partial charge in [0, 0.05) is 31.9 Å². The van der Waals surface area contributed by atoms with Crippen LogP contribution in [-0.2, 0) is 4.79 Å². The molecule has 1 amide bonds. The molecule has 158 valence electrons. The van der Waals surface area contributed by atoms with Crippen LogP contribution < -0.4 is 9.64 Å². The molecule has 1 N–H and O–H groups in total. The number of ether oxygens (including phenoxy) is 1. The minimum atomic E-state index is -0.250. The number of fused-ring (bicyclic) bond motifs is 1. The first-order valence-electron chi connectivity index (χ1n) is 9.55. The minimum Gasteiger partial charge on any atom is -0.494 e. The van der Waals surface area contributed by atoms with Crippen LogP contribution >= 0.6 is 11.3 Å². The molecule has 0 spiro atoms. The lowest BCUT2D eigenvalue weighted by atomic mass is 10.2. The highest BCUT2D eigenvalue weighted by atomic mass is 32.1. The summed E-state index contributed by atoms with van der Waals surface area (Å²) in [7, 11) is 1.57. The third-order valence-electron chi connectivity index (χ3n) is 4.79. The van der Waals surface area contributed by atoms with Gasteiger partial charge >= 0.3 is 0 Å². The topological polar surface area (TPSA) is 95.9 Å². The van der Waals surface area contributed by atoms with Crippen molar-refractivity contribution in [3.63, 3.8) is 0 Å². The SMILES string of the molecule is COc1cnc(C)cc1C(=O)N1CCCN(c2nc3ccccc3s2)CC1.O=CO. The van der Waals surface area contributed by atoms with E-state index in [-0.39, 0.29) is 12.4 Å². The van der Waals surface area contributed by atoms with E-state index in [9.17, 15) is 4.79 Å². The van der Waals surface area contributed by atoms with Gasteiger partial charge in [0.2, 0.25) is 0 Å². The largest absolute Gasteiger partial charge is 0.494 e. The highest BCUT2D eigenvalue weighted by molar-refractivity contribution is 7.22. The molecular formula is C21H24N4O4S. The molecule has 0 radical (unpaired) electrons. The molecule has 1 saturated heterocycles. The fourth-order valence-corrected chi connectivity index (χ4v) is 4.37. The van der Waals surface area contributed by atoms with E-state index >= 15 is 0 Å². The molecule has 1 fully saturated rings. The number of carbonyl (C=O) groups excluding carboxylic acids is 1. The van der Waals surface area contributed by atoms with Crippen LogP contribution in [-0.4, -0.2) is 65.6 Å². The second-order valence-electron chi connectivity index (χ2n) is 6.73.